The molecule has 0 radical (unpaired) electrons. The van der Waals surface area contributed by atoms with Gasteiger partial charge in [0.15, 0.2) is 17.4 Å². The molecular weight excluding hydrogens is 372 g/mol. The van der Waals surface area contributed by atoms with Gasteiger partial charge in [-0.2, -0.15) is 8.78 Å². The number of anilines is 1. The number of nitro benzene ring substituents is 1. The monoisotopic (exact) mass is 378 g/mol. The van der Waals surface area contributed by atoms with Gasteiger partial charge in [0, 0.05) is 12.1 Å². The SMILES string of the molecule is COc1c(F)c(F)c(C(=O)Nc2ccc([N+](=O)[O-])cc2Cl)c(F)c1F. The van der Waals surface area contributed by atoms with Crippen molar-refractivity contribution in [1.29, 1.82) is 0 Å². The third-order valence-electron chi connectivity index (χ3n) is 3.07. The summed E-state index contributed by atoms with van der Waals surface area (Å²) in [6.07, 6.45) is 0. The van der Waals surface area contributed by atoms with Crippen molar-refractivity contribution in [3.05, 3.63) is 62.2 Å². The summed E-state index contributed by atoms with van der Waals surface area (Å²) < 4.78 is 59.2. The average molecular weight is 379 g/mol. The van der Waals surface area contributed by atoms with Gasteiger partial charge in [-0.05, 0) is 6.07 Å². The number of non-ortho nitro benzene ring substituents is 1. The molecule has 1 N–H and O–H groups in total. The number of nitro groups is 1. The van der Waals surface area contributed by atoms with Crippen LogP contribution in [-0.4, -0.2) is 17.9 Å². The first kappa shape index (κ1) is 18.5. The summed E-state index contributed by atoms with van der Waals surface area (Å²) in [6, 6.07) is 2.83. The number of ether oxygens (including phenoxy) is 1. The number of carbonyl (C=O) groups excluding carboxylic acids is 1. The van der Waals surface area contributed by atoms with E-state index in [0.29, 0.717) is 0 Å². The van der Waals surface area contributed by atoms with Crippen molar-refractivity contribution >= 4 is 28.9 Å². The lowest BCUT2D eigenvalue weighted by molar-refractivity contribution is -0.384. The molecule has 1 amide bonds. The molecule has 0 aliphatic carbocycles. The third-order valence-corrected chi connectivity index (χ3v) is 3.38. The minimum atomic E-state index is -1.97. The Labute approximate surface area is 142 Å². The highest BCUT2D eigenvalue weighted by Gasteiger charge is 2.30. The van der Waals surface area contributed by atoms with Crippen LogP contribution >= 0.6 is 11.6 Å². The van der Waals surface area contributed by atoms with Crippen molar-refractivity contribution in [3.63, 3.8) is 0 Å². The summed E-state index contributed by atoms with van der Waals surface area (Å²) in [7, 11) is 0.788. The van der Waals surface area contributed by atoms with Crippen LogP contribution in [0.5, 0.6) is 5.75 Å². The van der Waals surface area contributed by atoms with Gasteiger partial charge >= 0.3 is 0 Å². The van der Waals surface area contributed by atoms with Crippen LogP contribution in [0.4, 0.5) is 28.9 Å². The zero-order valence-electron chi connectivity index (χ0n) is 12.2. The summed E-state index contributed by atoms with van der Waals surface area (Å²) in [6.45, 7) is 0. The van der Waals surface area contributed by atoms with E-state index in [1.807, 2.05) is 5.32 Å². The smallest absolute Gasteiger partial charge is 0.271 e. The van der Waals surface area contributed by atoms with E-state index in [4.69, 9.17) is 11.6 Å². The fraction of sp³-hybridized carbons (Fsp3) is 0.0714. The number of hydrogen-bond acceptors (Lipinski definition) is 4. The Morgan fingerprint density at radius 2 is 1.72 bits per heavy atom. The summed E-state index contributed by atoms with van der Waals surface area (Å²) >= 11 is 5.72. The van der Waals surface area contributed by atoms with Gasteiger partial charge < -0.3 is 10.1 Å². The fourth-order valence-corrected chi connectivity index (χ4v) is 2.12. The molecule has 0 heterocycles. The molecule has 25 heavy (non-hydrogen) atoms. The zero-order chi connectivity index (χ0) is 18.9. The molecule has 6 nitrogen and oxygen atoms in total. The molecule has 0 spiro atoms. The van der Waals surface area contributed by atoms with Crippen molar-refractivity contribution in [1.82, 2.24) is 0 Å². The van der Waals surface area contributed by atoms with Crippen LogP contribution < -0.4 is 10.1 Å². The maximum atomic E-state index is 13.9. The van der Waals surface area contributed by atoms with E-state index in [1.165, 1.54) is 0 Å². The molecule has 0 saturated heterocycles. The van der Waals surface area contributed by atoms with Crippen LogP contribution in [0.25, 0.3) is 0 Å². The van der Waals surface area contributed by atoms with Gasteiger partial charge in [-0.25, -0.2) is 8.78 Å². The van der Waals surface area contributed by atoms with Crippen molar-refractivity contribution in [2.45, 2.75) is 0 Å². The number of amides is 1. The maximum Gasteiger partial charge on any atom is 0.271 e. The van der Waals surface area contributed by atoms with Crippen LogP contribution in [-0.2, 0) is 0 Å². The fourth-order valence-electron chi connectivity index (χ4n) is 1.89. The lowest BCUT2D eigenvalue weighted by Gasteiger charge is -2.12. The van der Waals surface area contributed by atoms with Crippen LogP contribution in [0.3, 0.4) is 0 Å². The number of methoxy groups -OCH3 is 1. The lowest BCUT2D eigenvalue weighted by Crippen LogP contribution is -2.19. The number of halogens is 5. The van der Waals surface area contributed by atoms with E-state index in [0.717, 1.165) is 25.3 Å². The molecule has 0 aliphatic rings. The van der Waals surface area contributed by atoms with Crippen LogP contribution in [0.15, 0.2) is 18.2 Å². The van der Waals surface area contributed by atoms with Crippen LogP contribution in [0, 0.1) is 33.4 Å². The molecule has 2 aromatic carbocycles. The Balaban J connectivity index is 2.45. The van der Waals surface area contributed by atoms with Crippen molar-refractivity contribution in [2.24, 2.45) is 0 Å². The highest BCUT2D eigenvalue weighted by Crippen LogP contribution is 2.31. The standard InChI is InChI=1S/C14H7ClF4N2O4/c1-25-13-11(18)9(16)8(10(17)12(13)19)14(22)20-7-3-2-5(21(23)24)4-6(7)15/h2-4H,1H3,(H,20,22). The minimum absolute atomic E-state index is 0.257. The van der Waals surface area contributed by atoms with E-state index < -0.39 is 51.1 Å². The molecule has 2 rings (SSSR count). The van der Waals surface area contributed by atoms with E-state index in [9.17, 15) is 32.5 Å². The van der Waals surface area contributed by atoms with Gasteiger partial charge in [0.2, 0.25) is 11.6 Å². The van der Waals surface area contributed by atoms with E-state index in [2.05, 4.69) is 4.74 Å². The summed E-state index contributed by atoms with van der Waals surface area (Å²) in [5.41, 5.74) is -2.19. The molecule has 2 aromatic rings. The highest BCUT2D eigenvalue weighted by atomic mass is 35.5. The third kappa shape index (κ3) is 3.33. The van der Waals surface area contributed by atoms with E-state index in [1.54, 1.807) is 0 Å². The van der Waals surface area contributed by atoms with E-state index in [-0.39, 0.29) is 10.7 Å². The summed E-state index contributed by atoms with van der Waals surface area (Å²) in [5.74, 6) is -10.6. The van der Waals surface area contributed by atoms with Gasteiger partial charge in [0.05, 0.1) is 22.7 Å². The summed E-state index contributed by atoms with van der Waals surface area (Å²) in [4.78, 5) is 21.8. The second kappa shape index (κ2) is 6.93. The van der Waals surface area contributed by atoms with Gasteiger partial charge in [-0.15, -0.1) is 0 Å². The number of nitrogens with zero attached hydrogens (tertiary/aromatic N) is 1. The molecule has 0 aromatic heterocycles. The average Bonchev–Trinajstić information content (AvgIpc) is 2.55. The minimum Gasteiger partial charge on any atom is -0.491 e. The van der Waals surface area contributed by atoms with Gasteiger partial charge in [-0.1, -0.05) is 11.6 Å². The Kier molecular flexibility index (Phi) is 5.12. The van der Waals surface area contributed by atoms with Crippen molar-refractivity contribution in [3.8, 4) is 5.75 Å². The summed E-state index contributed by atoms with van der Waals surface area (Å²) in [5, 5.41) is 12.2. The first-order chi connectivity index (χ1) is 11.7. The molecule has 11 heteroatoms. The molecule has 0 unspecified atom stereocenters. The lowest BCUT2D eigenvalue weighted by atomic mass is 10.1. The predicted octanol–water partition coefficient (Wildman–Crippen LogP) is 4.07. The largest absolute Gasteiger partial charge is 0.491 e. The normalized spacial score (nSPS) is 10.5. The van der Waals surface area contributed by atoms with Gasteiger partial charge in [0.25, 0.3) is 11.6 Å². The molecule has 0 aliphatic heterocycles. The van der Waals surface area contributed by atoms with E-state index >= 15 is 0 Å². The Morgan fingerprint density at radius 3 is 2.16 bits per heavy atom. The molecule has 0 bridgehead atoms. The number of rotatable bonds is 4. The number of benzene rings is 2. The van der Waals surface area contributed by atoms with Gasteiger partial charge in [0.1, 0.15) is 5.56 Å². The molecular formula is C14H7ClF4N2O4. The number of nitrogens with one attached hydrogen (secondary N) is 1. The second-order valence-corrected chi connectivity index (χ2v) is 4.95. The number of hydrogen-bond donors (Lipinski definition) is 1. The zero-order valence-corrected chi connectivity index (χ0v) is 13.0. The van der Waals surface area contributed by atoms with Crippen molar-refractivity contribution in [2.75, 3.05) is 12.4 Å². The maximum absolute atomic E-state index is 13.9. The Hall–Kier alpha value is -2.88. The number of carbonyl (C=O) groups is 1. The van der Waals surface area contributed by atoms with Crippen molar-refractivity contribution < 1.29 is 32.0 Å². The van der Waals surface area contributed by atoms with Crippen LogP contribution in [0.2, 0.25) is 5.02 Å². The first-order valence-corrected chi connectivity index (χ1v) is 6.72. The van der Waals surface area contributed by atoms with Gasteiger partial charge in [-0.3, -0.25) is 14.9 Å². The first-order valence-electron chi connectivity index (χ1n) is 6.34. The molecule has 0 fully saturated rings. The topological polar surface area (TPSA) is 81.5 Å². The Morgan fingerprint density at radius 1 is 1.16 bits per heavy atom. The second-order valence-electron chi connectivity index (χ2n) is 4.54. The Bertz CT molecular complexity index is 863. The predicted molar refractivity (Wildman–Crippen MR) is 78.9 cm³/mol. The van der Waals surface area contributed by atoms with Crippen LogP contribution in [0.1, 0.15) is 10.4 Å². The highest BCUT2D eigenvalue weighted by molar-refractivity contribution is 6.34. The molecule has 132 valence electrons. The molecule has 0 saturated carbocycles. The quantitative estimate of drug-likeness (QED) is 0.376. The molecule has 0 atom stereocenters.